The van der Waals surface area contributed by atoms with Crippen molar-refractivity contribution in [2.24, 2.45) is 0 Å². The van der Waals surface area contributed by atoms with Gasteiger partial charge in [-0.15, -0.1) is 0 Å². The minimum Gasteiger partial charge on any atom is -0.477 e. The highest BCUT2D eigenvalue weighted by Crippen LogP contribution is 2.32. The lowest BCUT2D eigenvalue weighted by Gasteiger charge is -2.44. The largest absolute Gasteiger partial charge is 0.477 e. The number of ether oxygens (including phenoxy) is 1. The van der Waals surface area contributed by atoms with Crippen molar-refractivity contribution in [3.63, 3.8) is 0 Å². The second kappa shape index (κ2) is 7.85. The summed E-state index contributed by atoms with van der Waals surface area (Å²) in [5.41, 5.74) is 0. The van der Waals surface area contributed by atoms with Crippen LogP contribution in [-0.2, 0) is 14.3 Å². The average Bonchev–Trinajstić information content (AvgIpc) is 2.46. The van der Waals surface area contributed by atoms with Gasteiger partial charge in [0.25, 0.3) is 15.5 Å². The van der Waals surface area contributed by atoms with Gasteiger partial charge in [0.05, 0.1) is 18.8 Å². The monoisotopic (exact) mass is 411 g/mol. The number of amides is 1. The van der Waals surface area contributed by atoms with E-state index in [-0.39, 0.29) is 0 Å². The molecule has 0 saturated carbocycles. The number of rotatable bonds is 5. The van der Waals surface area contributed by atoms with Gasteiger partial charge in [0.1, 0.15) is 18.3 Å². The number of halogens is 3. The molecule has 0 aromatic carbocycles. The molecule has 1 aliphatic heterocycles. The summed E-state index contributed by atoms with van der Waals surface area (Å²) in [5, 5.41) is 59.3. The standard InChI is InChI=1S/C11H16Cl3NO9/c12-11(13,14)8(20)15-5-3(17)1-10(23,9(21)22)24-7(5)6(19)4(18)2-16/h3-7,16-19,23H,1-2H2,(H,15,20)(H,21,22)/t3-,4+,5+,6+,7+,10-/m0/s1. The molecule has 0 radical (unpaired) electrons. The van der Waals surface area contributed by atoms with Gasteiger partial charge in [0, 0.05) is 6.42 Å². The van der Waals surface area contributed by atoms with E-state index in [1.807, 2.05) is 5.32 Å². The summed E-state index contributed by atoms with van der Waals surface area (Å²) in [6, 6.07) is -1.55. The Morgan fingerprint density at radius 2 is 1.88 bits per heavy atom. The quantitative estimate of drug-likeness (QED) is 0.240. The number of alkyl halides is 3. The predicted molar refractivity (Wildman–Crippen MR) is 79.4 cm³/mol. The maximum absolute atomic E-state index is 11.7. The number of hydrogen-bond donors (Lipinski definition) is 7. The smallest absolute Gasteiger partial charge is 0.364 e. The molecule has 0 spiro atoms. The van der Waals surface area contributed by atoms with Crippen molar-refractivity contribution < 1.29 is 45.0 Å². The van der Waals surface area contributed by atoms with E-state index in [4.69, 9.17) is 49.8 Å². The van der Waals surface area contributed by atoms with Gasteiger partial charge >= 0.3 is 5.97 Å². The van der Waals surface area contributed by atoms with Crippen molar-refractivity contribution in [1.29, 1.82) is 0 Å². The van der Waals surface area contributed by atoms with E-state index in [0.29, 0.717) is 0 Å². The first-order chi connectivity index (χ1) is 10.8. The average molecular weight is 413 g/mol. The molecule has 1 aliphatic rings. The van der Waals surface area contributed by atoms with Crippen molar-refractivity contribution >= 4 is 46.7 Å². The summed E-state index contributed by atoms with van der Waals surface area (Å²) in [6.45, 7) is -0.951. The zero-order chi connectivity index (χ0) is 18.9. The molecule has 1 rings (SSSR count). The number of aliphatic hydroxyl groups is 5. The molecular weight excluding hydrogens is 396 g/mol. The number of aliphatic carboxylic acids is 1. The van der Waals surface area contributed by atoms with E-state index < -0.39 is 64.9 Å². The van der Waals surface area contributed by atoms with Gasteiger partial charge in [-0.2, -0.15) is 0 Å². The Kier molecular flexibility index (Phi) is 7.07. The third-order valence-electron chi connectivity index (χ3n) is 3.39. The van der Waals surface area contributed by atoms with E-state index in [1.54, 1.807) is 0 Å². The fourth-order valence-electron chi connectivity index (χ4n) is 2.13. The van der Waals surface area contributed by atoms with E-state index in [0.717, 1.165) is 0 Å². The Bertz CT molecular complexity index is 488. The zero-order valence-corrected chi connectivity index (χ0v) is 14.1. The van der Waals surface area contributed by atoms with Gasteiger partial charge in [-0.3, -0.25) is 4.79 Å². The summed E-state index contributed by atoms with van der Waals surface area (Å²) in [5.74, 6) is -6.00. The molecule has 10 nitrogen and oxygen atoms in total. The Balaban J connectivity index is 3.13. The normalized spacial score (nSPS) is 33.6. The van der Waals surface area contributed by atoms with Crippen LogP contribution in [0.2, 0.25) is 0 Å². The summed E-state index contributed by atoms with van der Waals surface area (Å²) in [7, 11) is 0. The SMILES string of the molecule is O=C(N[C@H]1[C@H]([C@H](O)[C@H](O)CO)O[C@](O)(C(=O)O)C[C@@H]1O)C(Cl)(Cl)Cl. The molecule has 7 N–H and O–H groups in total. The molecule has 6 atom stereocenters. The second-order valence-electron chi connectivity index (χ2n) is 5.18. The van der Waals surface area contributed by atoms with Crippen LogP contribution in [0.3, 0.4) is 0 Å². The molecule has 1 heterocycles. The number of nitrogens with one attached hydrogen (secondary N) is 1. The van der Waals surface area contributed by atoms with Crippen LogP contribution in [-0.4, -0.2) is 89.2 Å². The summed E-state index contributed by atoms with van der Waals surface area (Å²) >= 11 is 16.1. The van der Waals surface area contributed by atoms with Crippen LogP contribution < -0.4 is 5.32 Å². The van der Waals surface area contributed by atoms with E-state index >= 15 is 0 Å². The van der Waals surface area contributed by atoms with Crippen molar-refractivity contribution in [2.75, 3.05) is 6.61 Å². The van der Waals surface area contributed by atoms with E-state index in [9.17, 15) is 30.0 Å². The van der Waals surface area contributed by atoms with Crippen LogP contribution in [0.15, 0.2) is 0 Å². The van der Waals surface area contributed by atoms with Crippen LogP contribution in [0.1, 0.15) is 6.42 Å². The first-order valence-electron chi connectivity index (χ1n) is 6.50. The van der Waals surface area contributed by atoms with Crippen molar-refractivity contribution in [1.82, 2.24) is 5.32 Å². The fraction of sp³-hybridized carbons (Fsp3) is 0.818. The molecule has 24 heavy (non-hydrogen) atoms. The molecule has 13 heteroatoms. The lowest BCUT2D eigenvalue weighted by Crippen LogP contribution is -2.68. The molecule has 0 aromatic rings. The summed E-state index contributed by atoms with van der Waals surface area (Å²) in [4.78, 5) is 22.8. The second-order valence-corrected chi connectivity index (χ2v) is 7.46. The molecule has 1 amide bonds. The predicted octanol–water partition coefficient (Wildman–Crippen LogP) is -2.52. The first-order valence-corrected chi connectivity index (χ1v) is 7.63. The molecule has 1 saturated heterocycles. The molecule has 0 unspecified atom stereocenters. The highest BCUT2D eigenvalue weighted by atomic mass is 35.6. The van der Waals surface area contributed by atoms with Gasteiger partial charge < -0.3 is 40.7 Å². The first kappa shape index (κ1) is 21.6. The van der Waals surface area contributed by atoms with E-state index in [2.05, 4.69) is 0 Å². The Morgan fingerprint density at radius 1 is 1.33 bits per heavy atom. The third-order valence-corrected chi connectivity index (χ3v) is 3.91. The fourth-order valence-corrected chi connectivity index (χ4v) is 2.30. The Labute approximate surface area is 150 Å². The van der Waals surface area contributed by atoms with Crippen LogP contribution in [0.25, 0.3) is 0 Å². The minimum atomic E-state index is -2.90. The minimum absolute atomic E-state index is 0.883. The number of carboxylic acid groups (broad SMARTS) is 1. The third kappa shape index (κ3) is 4.81. The van der Waals surface area contributed by atoms with Gasteiger partial charge in [0.2, 0.25) is 0 Å². The molecular formula is C11H16Cl3NO9. The van der Waals surface area contributed by atoms with Crippen LogP contribution in [0.4, 0.5) is 0 Å². The topological polar surface area (TPSA) is 177 Å². The van der Waals surface area contributed by atoms with Crippen molar-refractivity contribution in [3.8, 4) is 0 Å². The molecule has 1 fully saturated rings. The van der Waals surface area contributed by atoms with Gasteiger partial charge in [-0.1, -0.05) is 34.8 Å². The molecule has 140 valence electrons. The number of carboxylic acids is 1. The van der Waals surface area contributed by atoms with Crippen molar-refractivity contribution in [2.45, 2.75) is 46.5 Å². The maximum Gasteiger partial charge on any atom is 0.364 e. The lowest BCUT2D eigenvalue weighted by molar-refractivity contribution is -0.295. The van der Waals surface area contributed by atoms with Crippen LogP contribution in [0, 0.1) is 0 Å². The van der Waals surface area contributed by atoms with Gasteiger partial charge in [-0.05, 0) is 0 Å². The number of aliphatic hydroxyl groups excluding tert-OH is 4. The zero-order valence-electron chi connectivity index (χ0n) is 11.8. The number of carbonyl (C=O) groups is 2. The van der Waals surface area contributed by atoms with Crippen molar-refractivity contribution in [3.05, 3.63) is 0 Å². The maximum atomic E-state index is 11.7. The number of hydrogen-bond acceptors (Lipinski definition) is 8. The Hall–Kier alpha value is -0.430. The summed E-state index contributed by atoms with van der Waals surface area (Å²) in [6.07, 6.45) is -8.29. The molecule has 0 aliphatic carbocycles. The highest BCUT2D eigenvalue weighted by molar-refractivity contribution is 6.76. The van der Waals surface area contributed by atoms with Crippen LogP contribution >= 0.6 is 34.8 Å². The molecule has 0 aromatic heterocycles. The van der Waals surface area contributed by atoms with Gasteiger partial charge in [0.15, 0.2) is 0 Å². The summed E-state index contributed by atoms with van der Waals surface area (Å²) < 4.78 is 2.41. The lowest BCUT2D eigenvalue weighted by atomic mass is 9.88. The molecule has 0 bridgehead atoms. The van der Waals surface area contributed by atoms with E-state index in [1.165, 1.54) is 0 Å². The Morgan fingerprint density at radius 3 is 2.29 bits per heavy atom. The van der Waals surface area contributed by atoms with Crippen LogP contribution in [0.5, 0.6) is 0 Å². The van der Waals surface area contributed by atoms with Gasteiger partial charge in [-0.25, -0.2) is 4.79 Å². The number of carbonyl (C=O) groups excluding carboxylic acids is 1. The highest BCUT2D eigenvalue weighted by Gasteiger charge is 2.54.